The maximum absolute atomic E-state index is 13.5. The second-order valence-electron chi connectivity index (χ2n) is 5.58. The SMILES string of the molecule is FC(F)(F)c1cc(-c2ccc(Cl)cc2)nc2onc(C3CC3)c12. The van der Waals surface area contributed by atoms with E-state index in [9.17, 15) is 13.2 Å². The van der Waals surface area contributed by atoms with Crippen molar-refractivity contribution in [2.75, 3.05) is 0 Å². The number of hydrogen-bond acceptors (Lipinski definition) is 3. The maximum atomic E-state index is 13.5. The number of benzene rings is 1. The van der Waals surface area contributed by atoms with Crippen LogP contribution in [-0.4, -0.2) is 10.1 Å². The summed E-state index contributed by atoms with van der Waals surface area (Å²) < 4.78 is 45.6. The molecule has 0 aliphatic heterocycles. The molecule has 0 bridgehead atoms. The Kier molecular flexibility index (Phi) is 3.13. The normalized spacial score (nSPS) is 15.3. The van der Waals surface area contributed by atoms with Crippen LogP contribution in [0.2, 0.25) is 5.02 Å². The minimum absolute atomic E-state index is 0.0160. The minimum Gasteiger partial charge on any atom is -0.335 e. The number of rotatable bonds is 2. The van der Waals surface area contributed by atoms with E-state index < -0.39 is 11.7 Å². The average molecular weight is 339 g/mol. The Morgan fingerprint density at radius 2 is 1.83 bits per heavy atom. The summed E-state index contributed by atoms with van der Waals surface area (Å²) in [5, 5.41) is 4.31. The Labute approximate surface area is 134 Å². The zero-order chi connectivity index (χ0) is 16.2. The lowest BCUT2D eigenvalue weighted by atomic mass is 10.0. The predicted octanol–water partition coefficient (Wildman–Crippen LogP) is 5.44. The Hall–Kier alpha value is -2.08. The van der Waals surface area contributed by atoms with Gasteiger partial charge in [-0.2, -0.15) is 13.2 Å². The molecule has 118 valence electrons. The average Bonchev–Trinajstić information content (AvgIpc) is 3.25. The number of fused-ring (bicyclic) bond motifs is 1. The van der Waals surface area contributed by atoms with E-state index in [1.54, 1.807) is 24.3 Å². The van der Waals surface area contributed by atoms with Gasteiger partial charge < -0.3 is 4.52 Å². The van der Waals surface area contributed by atoms with Crippen molar-refractivity contribution in [2.45, 2.75) is 24.9 Å². The molecule has 2 heterocycles. The Morgan fingerprint density at radius 1 is 1.13 bits per heavy atom. The molecule has 7 heteroatoms. The number of aromatic nitrogens is 2. The highest BCUT2D eigenvalue weighted by atomic mass is 35.5. The number of alkyl halides is 3. The number of nitrogens with zero attached hydrogens (tertiary/aromatic N) is 2. The van der Waals surface area contributed by atoms with Gasteiger partial charge in [0.25, 0.3) is 5.71 Å². The van der Waals surface area contributed by atoms with E-state index >= 15 is 0 Å². The molecule has 0 spiro atoms. The molecule has 1 aromatic carbocycles. The van der Waals surface area contributed by atoms with Crippen LogP contribution < -0.4 is 0 Å². The summed E-state index contributed by atoms with van der Waals surface area (Å²) in [4.78, 5) is 4.21. The zero-order valence-corrected chi connectivity index (χ0v) is 12.4. The van der Waals surface area contributed by atoms with Gasteiger partial charge in [-0.05, 0) is 31.0 Å². The molecule has 3 nitrogen and oxygen atoms in total. The fourth-order valence-electron chi connectivity index (χ4n) is 2.60. The van der Waals surface area contributed by atoms with Crippen LogP contribution in [0, 0.1) is 0 Å². The summed E-state index contributed by atoms with van der Waals surface area (Å²) >= 11 is 5.81. The third-order valence-electron chi connectivity index (χ3n) is 3.88. The summed E-state index contributed by atoms with van der Waals surface area (Å²) in [6, 6.07) is 7.50. The van der Waals surface area contributed by atoms with E-state index in [-0.39, 0.29) is 22.7 Å². The van der Waals surface area contributed by atoms with Gasteiger partial charge in [-0.15, -0.1) is 0 Å². The van der Waals surface area contributed by atoms with Gasteiger partial charge in [0, 0.05) is 16.5 Å². The molecule has 0 amide bonds. The van der Waals surface area contributed by atoms with Crippen molar-refractivity contribution in [3.05, 3.63) is 46.6 Å². The van der Waals surface area contributed by atoms with Gasteiger partial charge in [0.05, 0.1) is 22.3 Å². The summed E-state index contributed by atoms with van der Waals surface area (Å²) in [6.45, 7) is 0. The molecule has 3 aromatic rings. The van der Waals surface area contributed by atoms with Crippen LogP contribution in [0.1, 0.15) is 30.0 Å². The molecule has 2 aromatic heterocycles. The number of pyridine rings is 1. The quantitative estimate of drug-likeness (QED) is 0.624. The Balaban J connectivity index is 1.96. The van der Waals surface area contributed by atoms with Crippen LogP contribution in [0.25, 0.3) is 22.4 Å². The van der Waals surface area contributed by atoms with Crippen LogP contribution in [0.3, 0.4) is 0 Å². The first-order valence-electron chi connectivity index (χ1n) is 7.07. The monoisotopic (exact) mass is 338 g/mol. The highest BCUT2D eigenvalue weighted by molar-refractivity contribution is 6.30. The molecular formula is C16H10ClF3N2O. The third-order valence-corrected chi connectivity index (χ3v) is 4.13. The van der Waals surface area contributed by atoms with Gasteiger partial charge in [0.1, 0.15) is 0 Å². The van der Waals surface area contributed by atoms with Gasteiger partial charge in [0.2, 0.25) is 0 Å². The van der Waals surface area contributed by atoms with Crippen molar-refractivity contribution in [1.29, 1.82) is 0 Å². The molecule has 0 unspecified atom stereocenters. The molecule has 1 aliphatic rings. The summed E-state index contributed by atoms with van der Waals surface area (Å²) in [7, 11) is 0. The minimum atomic E-state index is -4.50. The first kappa shape index (κ1) is 14.5. The molecule has 0 atom stereocenters. The van der Waals surface area contributed by atoms with E-state index in [1.165, 1.54) is 0 Å². The van der Waals surface area contributed by atoms with Crippen molar-refractivity contribution in [3.8, 4) is 11.3 Å². The van der Waals surface area contributed by atoms with Crippen LogP contribution in [0.5, 0.6) is 0 Å². The van der Waals surface area contributed by atoms with E-state index in [0.717, 1.165) is 18.9 Å². The molecular weight excluding hydrogens is 329 g/mol. The van der Waals surface area contributed by atoms with Crippen molar-refractivity contribution in [1.82, 2.24) is 10.1 Å². The van der Waals surface area contributed by atoms with Gasteiger partial charge in [-0.25, -0.2) is 4.98 Å². The molecule has 0 N–H and O–H groups in total. The zero-order valence-electron chi connectivity index (χ0n) is 11.7. The van der Waals surface area contributed by atoms with Crippen molar-refractivity contribution >= 4 is 22.7 Å². The largest absolute Gasteiger partial charge is 0.417 e. The standard InChI is InChI=1S/C16H10ClF3N2O/c17-10-5-3-8(4-6-10)12-7-11(16(18,19)20)13-14(9-1-2-9)22-23-15(13)21-12/h3-7,9H,1-2H2. The van der Waals surface area contributed by atoms with Gasteiger partial charge in [0.15, 0.2) is 0 Å². The first-order valence-corrected chi connectivity index (χ1v) is 7.45. The fourth-order valence-corrected chi connectivity index (χ4v) is 2.73. The molecule has 1 saturated carbocycles. The second-order valence-corrected chi connectivity index (χ2v) is 6.02. The Bertz CT molecular complexity index is 883. The fraction of sp³-hybridized carbons (Fsp3) is 0.250. The van der Waals surface area contributed by atoms with Gasteiger partial charge in [-0.3, -0.25) is 0 Å². The van der Waals surface area contributed by atoms with E-state index in [4.69, 9.17) is 16.1 Å². The second kappa shape index (κ2) is 4.96. The number of hydrogen-bond donors (Lipinski definition) is 0. The molecule has 0 radical (unpaired) electrons. The van der Waals surface area contributed by atoms with E-state index in [0.29, 0.717) is 16.3 Å². The van der Waals surface area contributed by atoms with Crippen molar-refractivity contribution < 1.29 is 17.7 Å². The maximum Gasteiger partial charge on any atom is 0.417 e. The smallest absolute Gasteiger partial charge is 0.335 e. The van der Waals surface area contributed by atoms with Crippen LogP contribution in [-0.2, 0) is 6.18 Å². The molecule has 4 rings (SSSR count). The summed E-state index contributed by atoms with van der Waals surface area (Å²) in [5.41, 5.74) is 0.246. The van der Waals surface area contributed by atoms with E-state index in [2.05, 4.69) is 10.1 Å². The molecule has 1 aliphatic carbocycles. The van der Waals surface area contributed by atoms with Crippen LogP contribution in [0.4, 0.5) is 13.2 Å². The molecule has 23 heavy (non-hydrogen) atoms. The molecule has 0 saturated heterocycles. The predicted molar refractivity (Wildman–Crippen MR) is 79.2 cm³/mol. The lowest BCUT2D eigenvalue weighted by Crippen LogP contribution is -2.07. The highest BCUT2D eigenvalue weighted by Gasteiger charge is 2.39. The highest BCUT2D eigenvalue weighted by Crippen LogP contribution is 2.46. The lowest BCUT2D eigenvalue weighted by Gasteiger charge is -2.10. The third kappa shape index (κ3) is 2.57. The van der Waals surface area contributed by atoms with Gasteiger partial charge >= 0.3 is 6.18 Å². The van der Waals surface area contributed by atoms with Crippen molar-refractivity contribution in [2.24, 2.45) is 0 Å². The van der Waals surface area contributed by atoms with Gasteiger partial charge in [-0.1, -0.05) is 28.9 Å². The topological polar surface area (TPSA) is 38.9 Å². The van der Waals surface area contributed by atoms with Crippen LogP contribution in [0.15, 0.2) is 34.9 Å². The summed E-state index contributed by atoms with van der Waals surface area (Å²) in [5.74, 6) is 0.0422. The summed E-state index contributed by atoms with van der Waals surface area (Å²) in [6.07, 6.45) is -2.84. The number of halogens is 4. The van der Waals surface area contributed by atoms with Crippen molar-refractivity contribution in [3.63, 3.8) is 0 Å². The molecule has 1 fully saturated rings. The Morgan fingerprint density at radius 3 is 2.43 bits per heavy atom. The lowest BCUT2D eigenvalue weighted by molar-refractivity contribution is -0.136. The van der Waals surface area contributed by atoms with Crippen LogP contribution >= 0.6 is 11.6 Å². The van der Waals surface area contributed by atoms with E-state index in [1.807, 2.05) is 0 Å². The first-order chi connectivity index (χ1) is 10.9.